The number of hydrogen-bond donors (Lipinski definition) is 11. The maximum atomic E-state index is 12.0. The van der Waals surface area contributed by atoms with Gasteiger partial charge in [-0.1, -0.05) is 55.4 Å². The lowest BCUT2D eigenvalue weighted by molar-refractivity contribution is -0.124. The summed E-state index contributed by atoms with van der Waals surface area (Å²) in [6.07, 6.45) is 0.231. The Bertz CT molecular complexity index is 870. The predicted molar refractivity (Wildman–Crippen MR) is 217 cm³/mol. The Kier molecular flexibility index (Phi) is 33.6. The van der Waals surface area contributed by atoms with Crippen molar-refractivity contribution < 1.29 is 30.3 Å². The molecule has 14 heteroatoms. The summed E-state index contributed by atoms with van der Waals surface area (Å²) in [6, 6.07) is -0.262. The quantitative estimate of drug-likeness (QED) is 0.0417. The molecule has 0 radical (unpaired) electrons. The molecule has 0 aliphatic heterocycles. The van der Waals surface area contributed by atoms with Crippen LogP contribution in [-0.2, 0) is 4.79 Å². The molecule has 0 aromatic rings. The number of rotatable bonds is 22. The zero-order chi connectivity index (χ0) is 41.0. The summed E-state index contributed by atoms with van der Waals surface area (Å²) in [5.41, 5.74) is 9.89. The van der Waals surface area contributed by atoms with Crippen molar-refractivity contribution in [2.45, 2.75) is 131 Å². The molecule has 0 saturated heterocycles. The first-order chi connectivity index (χ1) is 24.0. The molecule has 1 saturated carbocycles. The van der Waals surface area contributed by atoms with E-state index < -0.39 is 18.3 Å². The molecule has 0 heterocycles. The van der Waals surface area contributed by atoms with Crippen molar-refractivity contribution in [2.24, 2.45) is 46.0 Å². The van der Waals surface area contributed by atoms with E-state index in [4.69, 9.17) is 26.8 Å². The van der Waals surface area contributed by atoms with Crippen molar-refractivity contribution >= 4 is 11.7 Å². The Labute approximate surface area is 318 Å². The van der Waals surface area contributed by atoms with E-state index in [-0.39, 0.29) is 42.7 Å². The molecular formula is C38H86N8O6. The Hall–Kier alpha value is -1.46. The minimum atomic E-state index is -0.787. The molecule has 1 aliphatic rings. The first-order valence-corrected chi connectivity index (χ1v) is 19.4. The molecule has 14 nitrogen and oxygen atoms in total. The number of ketones is 1. The van der Waals surface area contributed by atoms with Crippen LogP contribution in [0.5, 0.6) is 0 Å². The molecule has 1 rings (SSSR count). The van der Waals surface area contributed by atoms with Gasteiger partial charge in [-0.05, 0) is 104 Å². The largest absolute Gasteiger partial charge is 0.396 e. The van der Waals surface area contributed by atoms with Crippen LogP contribution in [-0.4, -0.2) is 151 Å². The maximum Gasteiger partial charge on any atom is 0.185 e. The van der Waals surface area contributed by atoms with Gasteiger partial charge in [-0.2, -0.15) is 0 Å². The SMILES string of the molecule is CC(C)CNC(C)(C)C(=O)CCCN(C)C.CC(C)CNCCN=C(N)N.CC(C)CN[C@@H]1C[C@H](CO)[C@@H](O)[C@H]1O.CC(C)CN[C@H](CO)[C@@H](C)O. The fourth-order valence-electron chi connectivity index (χ4n) is 4.75. The number of carbonyl (C=O) groups excluding carboxylic acids is 1. The van der Waals surface area contributed by atoms with Crippen LogP contribution in [0.4, 0.5) is 0 Å². The topological polar surface area (TPSA) is 234 Å². The number of carbonyl (C=O) groups is 1. The number of aliphatic imine (C=N–C) groups is 1. The van der Waals surface area contributed by atoms with Crippen LogP contribution < -0.4 is 32.7 Å². The molecule has 13 N–H and O–H groups in total. The van der Waals surface area contributed by atoms with Crippen molar-refractivity contribution in [3.63, 3.8) is 0 Å². The summed E-state index contributed by atoms with van der Waals surface area (Å²) in [5.74, 6) is 2.61. The fourth-order valence-corrected chi connectivity index (χ4v) is 4.75. The Morgan fingerprint density at radius 2 is 1.40 bits per heavy atom. The number of guanidine groups is 1. The van der Waals surface area contributed by atoms with Crippen molar-refractivity contribution in [1.29, 1.82) is 0 Å². The highest BCUT2D eigenvalue weighted by molar-refractivity contribution is 5.87. The maximum absolute atomic E-state index is 12.0. The monoisotopic (exact) mass is 751 g/mol. The third-order valence-corrected chi connectivity index (χ3v) is 8.19. The van der Waals surface area contributed by atoms with Crippen LogP contribution in [0.2, 0.25) is 0 Å². The van der Waals surface area contributed by atoms with E-state index in [9.17, 15) is 15.0 Å². The van der Waals surface area contributed by atoms with E-state index in [0.29, 0.717) is 48.8 Å². The fraction of sp³-hybridized carbons (Fsp3) is 0.947. The second-order valence-electron chi connectivity index (χ2n) is 16.5. The molecule has 0 amide bonds. The molecule has 0 aromatic heterocycles. The van der Waals surface area contributed by atoms with Crippen LogP contribution in [0, 0.1) is 29.6 Å². The van der Waals surface area contributed by atoms with Gasteiger partial charge in [-0.25, -0.2) is 0 Å². The van der Waals surface area contributed by atoms with Crippen molar-refractivity contribution in [2.75, 3.05) is 73.1 Å². The van der Waals surface area contributed by atoms with Gasteiger partial charge in [0.05, 0.1) is 43.0 Å². The molecule has 0 bridgehead atoms. The third kappa shape index (κ3) is 32.0. The van der Waals surface area contributed by atoms with E-state index >= 15 is 0 Å². The van der Waals surface area contributed by atoms with Crippen LogP contribution in [0.1, 0.15) is 95.4 Å². The third-order valence-electron chi connectivity index (χ3n) is 8.19. The van der Waals surface area contributed by atoms with E-state index in [1.807, 2.05) is 27.9 Å². The first-order valence-electron chi connectivity index (χ1n) is 19.4. The highest BCUT2D eigenvalue weighted by atomic mass is 16.3. The number of aliphatic hydroxyl groups is 5. The summed E-state index contributed by atoms with van der Waals surface area (Å²) in [7, 11) is 4.07. The molecule has 314 valence electrons. The van der Waals surface area contributed by atoms with Gasteiger partial charge in [0.2, 0.25) is 0 Å². The summed E-state index contributed by atoms with van der Waals surface area (Å²) in [5, 5.41) is 58.9. The van der Waals surface area contributed by atoms with Crippen LogP contribution in [0.15, 0.2) is 4.99 Å². The zero-order valence-electron chi connectivity index (χ0n) is 35.5. The lowest BCUT2D eigenvalue weighted by Crippen LogP contribution is -2.48. The second-order valence-corrected chi connectivity index (χ2v) is 16.5. The minimum Gasteiger partial charge on any atom is -0.396 e. The second kappa shape index (κ2) is 31.8. The number of aliphatic hydroxyl groups excluding tert-OH is 5. The van der Waals surface area contributed by atoms with Crippen LogP contribution >= 0.6 is 0 Å². The average Bonchev–Trinajstić information content (AvgIpc) is 3.31. The molecule has 1 fully saturated rings. The van der Waals surface area contributed by atoms with E-state index in [0.717, 1.165) is 45.7 Å². The first kappa shape index (κ1) is 54.9. The summed E-state index contributed by atoms with van der Waals surface area (Å²) in [4.78, 5) is 17.9. The lowest BCUT2D eigenvalue weighted by Gasteiger charge is -2.26. The van der Waals surface area contributed by atoms with E-state index in [2.05, 4.69) is 86.5 Å². The van der Waals surface area contributed by atoms with Crippen molar-refractivity contribution in [3.05, 3.63) is 0 Å². The molecule has 0 aromatic carbocycles. The van der Waals surface area contributed by atoms with Gasteiger partial charge in [-0.15, -0.1) is 0 Å². The van der Waals surface area contributed by atoms with Gasteiger partial charge in [0.25, 0.3) is 0 Å². The number of Topliss-reactive ketones (excluding diaryl/α,β-unsaturated/α-hetero) is 1. The van der Waals surface area contributed by atoms with E-state index in [1.54, 1.807) is 6.92 Å². The lowest BCUT2D eigenvalue weighted by atomic mass is 9.94. The summed E-state index contributed by atoms with van der Waals surface area (Å²) < 4.78 is 0. The average molecular weight is 751 g/mol. The summed E-state index contributed by atoms with van der Waals surface area (Å²) in [6.45, 7) is 28.6. The molecular weight excluding hydrogens is 664 g/mol. The molecule has 0 unspecified atom stereocenters. The zero-order valence-corrected chi connectivity index (χ0v) is 35.5. The van der Waals surface area contributed by atoms with Crippen LogP contribution in [0.3, 0.4) is 0 Å². The molecule has 1 aliphatic carbocycles. The van der Waals surface area contributed by atoms with Gasteiger partial charge in [0.15, 0.2) is 11.7 Å². The van der Waals surface area contributed by atoms with E-state index in [1.165, 1.54) is 0 Å². The van der Waals surface area contributed by atoms with Gasteiger partial charge in [0, 0.05) is 31.5 Å². The van der Waals surface area contributed by atoms with Gasteiger partial charge in [-0.3, -0.25) is 9.79 Å². The summed E-state index contributed by atoms with van der Waals surface area (Å²) >= 11 is 0. The number of nitrogens with one attached hydrogen (secondary N) is 4. The Morgan fingerprint density at radius 1 is 0.865 bits per heavy atom. The van der Waals surface area contributed by atoms with Gasteiger partial charge >= 0.3 is 0 Å². The molecule has 52 heavy (non-hydrogen) atoms. The molecule has 6 atom stereocenters. The van der Waals surface area contributed by atoms with Crippen molar-refractivity contribution in [3.8, 4) is 0 Å². The Morgan fingerprint density at radius 3 is 1.81 bits per heavy atom. The standard InChI is InChI=1S/C13H28N2O.C10H21NO3.C8H19NO2.C7H18N4/c1-11(2)10-14-13(3,4)12(16)8-7-9-15(5)6;1-6(2)4-11-8-3-7(5-12)9(13)10(8)14;1-6(2)4-9-8(5-10)7(3)11;1-6(2)5-10-3-4-11-7(8)9/h11,14H,7-10H2,1-6H3;6-14H,3-5H2,1-2H3;6-11H,4-5H2,1-3H3;6,10H,3-5H2,1-2H3,(H4,8,9,11)/t;7-,8-,9-,10+;7-,8-;/m.11./s1. The van der Waals surface area contributed by atoms with Crippen molar-refractivity contribution in [1.82, 2.24) is 26.2 Å². The molecule has 0 spiro atoms. The normalized spacial score (nSPS) is 19.8. The Balaban J connectivity index is -0.000000624. The number of hydrogen-bond acceptors (Lipinski definition) is 12. The predicted octanol–water partition coefficient (Wildman–Crippen LogP) is 0.735. The van der Waals surface area contributed by atoms with Gasteiger partial charge < -0.3 is 63.2 Å². The minimum absolute atomic E-state index is 0.00954. The number of nitrogens with zero attached hydrogens (tertiary/aromatic N) is 2. The van der Waals surface area contributed by atoms with Crippen LogP contribution in [0.25, 0.3) is 0 Å². The smallest absolute Gasteiger partial charge is 0.185 e. The van der Waals surface area contributed by atoms with Gasteiger partial charge in [0.1, 0.15) is 0 Å². The highest BCUT2D eigenvalue weighted by Gasteiger charge is 2.40. The number of nitrogens with two attached hydrogens (primary N) is 2. The highest BCUT2D eigenvalue weighted by Crippen LogP contribution is 2.26.